The van der Waals surface area contributed by atoms with Gasteiger partial charge in [-0.15, -0.1) is 0 Å². The van der Waals surface area contributed by atoms with Crippen LogP contribution in [0.25, 0.3) is 0 Å². The van der Waals surface area contributed by atoms with E-state index in [1.54, 1.807) is 25.1 Å². The first-order valence-electron chi connectivity index (χ1n) is 5.73. The highest BCUT2D eigenvalue weighted by molar-refractivity contribution is 5.99. The molecule has 0 atom stereocenters. The van der Waals surface area contributed by atoms with Crippen LogP contribution in [0.3, 0.4) is 0 Å². The van der Waals surface area contributed by atoms with Gasteiger partial charge in [0.25, 0.3) is 0 Å². The molecule has 0 aliphatic carbocycles. The second kappa shape index (κ2) is 5.56. The van der Waals surface area contributed by atoms with Crippen LogP contribution in [0.5, 0.6) is 11.5 Å². The lowest BCUT2D eigenvalue weighted by molar-refractivity contribution is 0.318. The van der Waals surface area contributed by atoms with E-state index in [0.29, 0.717) is 0 Å². The third-order valence-electron chi connectivity index (χ3n) is 2.66. The van der Waals surface area contributed by atoms with Crippen molar-refractivity contribution in [1.29, 1.82) is 0 Å². The van der Waals surface area contributed by atoms with Crippen LogP contribution in [-0.4, -0.2) is 11.0 Å². The number of halogens is 2. The summed E-state index contributed by atoms with van der Waals surface area (Å²) in [5.41, 5.74) is 6.62. The normalized spacial score (nSPS) is 11.4. The maximum absolute atomic E-state index is 13.6. The Bertz CT molecular complexity index is 672. The van der Waals surface area contributed by atoms with E-state index in [2.05, 4.69) is 5.16 Å². The topological polar surface area (TPSA) is 67.8 Å². The summed E-state index contributed by atoms with van der Waals surface area (Å²) in [4.78, 5) is 0. The Balaban J connectivity index is 2.47. The summed E-state index contributed by atoms with van der Waals surface area (Å²) in [5.74, 6) is -2.40. The van der Waals surface area contributed by atoms with Gasteiger partial charge in [0.1, 0.15) is 5.75 Å². The van der Waals surface area contributed by atoms with Gasteiger partial charge >= 0.3 is 0 Å². The molecule has 2 rings (SSSR count). The van der Waals surface area contributed by atoms with Gasteiger partial charge in [0.15, 0.2) is 17.4 Å². The third-order valence-corrected chi connectivity index (χ3v) is 2.66. The summed E-state index contributed by atoms with van der Waals surface area (Å²) in [6.07, 6.45) is 0. The second-order valence-corrected chi connectivity index (χ2v) is 4.14. The molecule has 0 amide bonds. The van der Waals surface area contributed by atoms with Gasteiger partial charge in [0, 0.05) is 0 Å². The van der Waals surface area contributed by atoms with Crippen molar-refractivity contribution in [3.63, 3.8) is 0 Å². The van der Waals surface area contributed by atoms with Crippen LogP contribution in [0, 0.1) is 18.6 Å². The first-order chi connectivity index (χ1) is 9.52. The fourth-order valence-corrected chi connectivity index (χ4v) is 1.66. The molecule has 0 saturated carbocycles. The zero-order valence-electron chi connectivity index (χ0n) is 10.6. The van der Waals surface area contributed by atoms with Crippen LogP contribution in [-0.2, 0) is 0 Å². The number of hydrogen-bond acceptors (Lipinski definition) is 3. The maximum Gasteiger partial charge on any atom is 0.201 e. The molecule has 104 valence electrons. The standard InChI is InChI=1S/C14H12F2N2O2/c1-8-5-6-9(14(17)18-19)12(7-8)20-11-4-2-3-10(15)13(11)16/h2-7,19H,1H3,(H2,17,18). The number of nitrogens with zero attached hydrogens (tertiary/aromatic N) is 1. The monoisotopic (exact) mass is 278 g/mol. The van der Waals surface area contributed by atoms with Crippen molar-refractivity contribution in [2.75, 3.05) is 0 Å². The molecule has 2 aromatic carbocycles. The molecule has 0 aliphatic rings. The lowest BCUT2D eigenvalue weighted by Gasteiger charge is -2.12. The Kier molecular flexibility index (Phi) is 3.84. The highest BCUT2D eigenvalue weighted by Crippen LogP contribution is 2.29. The molecule has 0 aromatic heterocycles. The van der Waals surface area contributed by atoms with E-state index in [1.807, 2.05) is 0 Å². The predicted octanol–water partition coefficient (Wildman–Crippen LogP) is 3.16. The molecule has 3 N–H and O–H groups in total. The molecular weight excluding hydrogens is 266 g/mol. The van der Waals surface area contributed by atoms with Crippen LogP contribution in [0.2, 0.25) is 0 Å². The number of aryl methyl sites for hydroxylation is 1. The van der Waals surface area contributed by atoms with E-state index in [0.717, 1.165) is 11.6 Å². The number of ether oxygens (including phenoxy) is 1. The molecule has 0 fully saturated rings. The average Bonchev–Trinajstić information content (AvgIpc) is 2.43. The van der Waals surface area contributed by atoms with Crippen molar-refractivity contribution in [1.82, 2.24) is 0 Å². The molecule has 0 radical (unpaired) electrons. The van der Waals surface area contributed by atoms with Crippen LogP contribution < -0.4 is 10.5 Å². The zero-order valence-corrected chi connectivity index (χ0v) is 10.6. The molecule has 2 aromatic rings. The largest absolute Gasteiger partial charge is 0.453 e. The molecule has 20 heavy (non-hydrogen) atoms. The van der Waals surface area contributed by atoms with E-state index >= 15 is 0 Å². The lowest BCUT2D eigenvalue weighted by atomic mass is 10.1. The molecule has 0 unspecified atom stereocenters. The number of benzene rings is 2. The van der Waals surface area contributed by atoms with E-state index in [9.17, 15) is 8.78 Å². The van der Waals surface area contributed by atoms with Gasteiger partial charge in [-0.2, -0.15) is 4.39 Å². The average molecular weight is 278 g/mol. The highest BCUT2D eigenvalue weighted by Gasteiger charge is 2.14. The van der Waals surface area contributed by atoms with E-state index in [1.165, 1.54) is 12.1 Å². The van der Waals surface area contributed by atoms with Gasteiger partial charge in [-0.1, -0.05) is 17.3 Å². The zero-order chi connectivity index (χ0) is 14.7. The quantitative estimate of drug-likeness (QED) is 0.392. The number of hydrogen-bond donors (Lipinski definition) is 2. The smallest absolute Gasteiger partial charge is 0.201 e. The minimum absolute atomic E-state index is 0.171. The Morgan fingerprint density at radius 3 is 2.65 bits per heavy atom. The molecule has 0 heterocycles. The summed E-state index contributed by atoms with van der Waals surface area (Å²) in [6, 6.07) is 8.48. The highest BCUT2D eigenvalue weighted by atomic mass is 19.2. The number of amidine groups is 1. The van der Waals surface area contributed by atoms with Crippen molar-refractivity contribution in [2.24, 2.45) is 10.9 Å². The van der Waals surface area contributed by atoms with E-state index < -0.39 is 11.6 Å². The van der Waals surface area contributed by atoms with Crippen LogP contribution >= 0.6 is 0 Å². The molecule has 6 heteroatoms. The molecular formula is C14H12F2N2O2. The van der Waals surface area contributed by atoms with Crippen LogP contribution in [0.15, 0.2) is 41.6 Å². The summed E-state index contributed by atoms with van der Waals surface area (Å²) in [5, 5.41) is 11.6. The van der Waals surface area contributed by atoms with Crippen molar-refractivity contribution < 1.29 is 18.7 Å². The maximum atomic E-state index is 13.6. The molecule has 0 spiro atoms. The first-order valence-corrected chi connectivity index (χ1v) is 5.73. The molecule has 0 bridgehead atoms. The molecule has 0 saturated heterocycles. The van der Waals surface area contributed by atoms with Gasteiger partial charge in [-0.05, 0) is 36.8 Å². The van der Waals surface area contributed by atoms with Crippen molar-refractivity contribution in [3.8, 4) is 11.5 Å². The first kappa shape index (κ1) is 13.8. The van der Waals surface area contributed by atoms with Crippen molar-refractivity contribution in [2.45, 2.75) is 6.92 Å². The number of rotatable bonds is 3. The van der Waals surface area contributed by atoms with Crippen LogP contribution in [0.1, 0.15) is 11.1 Å². The van der Waals surface area contributed by atoms with Crippen LogP contribution in [0.4, 0.5) is 8.78 Å². The summed E-state index contributed by atoms with van der Waals surface area (Å²) in [6.45, 7) is 1.80. The van der Waals surface area contributed by atoms with Gasteiger partial charge < -0.3 is 15.7 Å². The SMILES string of the molecule is Cc1ccc(C(N)=NO)c(Oc2cccc(F)c2F)c1. The Morgan fingerprint density at radius 2 is 1.95 bits per heavy atom. The van der Waals surface area contributed by atoms with Gasteiger partial charge in [0.05, 0.1) is 5.56 Å². The minimum Gasteiger partial charge on any atom is -0.453 e. The van der Waals surface area contributed by atoms with E-state index in [4.69, 9.17) is 15.7 Å². The van der Waals surface area contributed by atoms with Gasteiger partial charge in [-0.3, -0.25) is 0 Å². The molecule has 4 nitrogen and oxygen atoms in total. The summed E-state index contributed by atoms with van der Waals surface area (Å²) >= 11 is 0. The number of nitrogens with two attached hydrogens (primary N) is 1. The predicted molar refractivity (Wildman–Crippen MR) is 70.1 cm³/mol. The fraction of sp³-hybridized carbons (Fsp3) is 0.0714. The van der Waals surface area contributed by atoms with Gasteiger partial charge in [0.2, 0.25) is 5.82 Å². The minimum atomic E-state index is -1.10. The Labute approximate surface area is 114 Å². The fourth-order valence-electron chi connectivity index (χ4n) is 1.66. The number of oxime groups is 1. The van der Waals surface area contributed by atoms with Gasteiger partial charge in [-0.25, -0.2) is 4.39 Å². The lowest BCUT2D eigenvalue weighted by Crippen LogP contribution is -2.14. The van der Waals surface area contributed by atoms with E-state index in [-0.39, 0.29) is 22.9 Å². The molecule has 0 aliphatic heterocycles. The Hall–Kier alpha value is -2.63. The Morgan fingerprint density at radius 1 is 1.20 bits per heavy atom. The summed E-state index contributed by atoms with van der Waals surface area (Å²) < 4.78 is 32.1. The van der Waals surface area contributed by atoms with Crippen molar-refractivity contribution in [3.05, 3.63) is 59.2 Å². The third kappa shape index (κ3) is 2.69. The summed E-state index contributed by atoms with van der Waals surface area (Å²) in [7, 11) is 0. The van der Waals surface area contributed by atoms with Crippen molar-refractivity contribution >= 4 is 5.84 Å². The second-order valence-electron chi connectivity index (χ2n) is 4.14.